The summed E-state index contributed by atoms with van der Waals surface area (Å²) in [5, 5.41) is 11.6. The second kappa shape index (κ2) is 4.92. The Bertz CT molecular complexity index is 476. The molecule has 5 heteroatoms. The van der Waals surface area contributed by atoms with E-state index >= 15 is 0 Å². The zero-order valence-corrected chi connectivity index (χ0v) is 10.0. The Balaban J connectivity index is 2.24. The van der Waals surface area contributed by atoms with Gasteiger partial charge in [-0.3, -0.25) is 0 Å². The van der Waals surface area contributed by atoms with Gasteiger partial charge in [0.15, 0.2) is 11.6 Å². The van der Waals surface area contributed by atoms with Crippen LogP contribution in [0.4, 0.5) is 14.5 Å². The van der Waals surface area contributed by atoms with Crippen molar-refractivity contribution in [1.82, 2.24) is 0 Å². The summed E-state index contributed by atoms with van der Waals surface area (Å²) in [6.45, 7) is 2.06. The number of anilines is 1. The fourth-order valence-corrected chi connectivity index (χ4v) is 2.39. The van der Waals surface area contributed by atoms with Gasteiger partial charge in [0.1, 0.15) is 0 Å². The summed E-state index contributed by atoms with van der Waals surface area (Å²) in [6.07, 6.45) is 3.05. The smallest absolute Gasteiger partial charge is 0.338 e. The fraction of sp³-hybridized carbons (Fsp3) is 0.462. The van der Waals surface area contributed by atoms with Gasteiger partial charge in [-0.15, -0.1) is 0 Å². The van der Waals surface area contributed by atoms with Crippen molar-refractivity contribution >= 4 is 11.7 Å². The summed E-state index contributed by atoms with van der Waals surface area (Å²) in [5.41, 5.74) is -0.603. The van der Waals surface area contributed by atoms with Crippen LogP contribution in [0.3, 0.4) is 0 Å². The lowest BCUT2D eigenvalue weighted by atomic mass is 10.1. The Morgan fingerprint density at radius 3 is 2.61 bits per heavy atom. The fourth-order valence-electron chi connectivity index (χ4n) is 2.39. The summed E-state index contributed by atoms with van der Waals surface area (Å²) >= 11 is 0. The molecule has 2 rings (SSSR count). The van der Waals surface area contributed by atoms with Crippen molar-refractivity contribution in [1.29, 1.82) is 0 Å². The van der Waals surface area contributed by atoms with Crippen LogP contribution in [-0.4, -0.2) is 17.1 Å². The number of hydrogen-bond acceptors (Lipinski definition) is 2. The van der Waals surface area contributed by atoms with Crippen LogP contribution in [0.15, 0.2) is 12.1 Å². The first-order valence-electron chi connectivity index (χ1n) is 5.98. The van der Waals surface area contributed by atoms with Gasteiger partial charge in [-0.1, -0.05) is 13.3 Å². The zero-order valence-electron chi connectivity index (χ0n) is 10.0. The maximum absolute atomic E-state index is 13.7. The van der Waals surface area contributed by atoms with Crippen molar-refractivity contribution in [3.05, 3.63) is 29.3 Å². The first kappa shape index (κ1) is 12.8. The van der Waals surface area contributed by atoms with E-state index in [4.69, 9.17) is 5.11 Å². The lowest BCUT2D eigenvalue weighted by Crippen LogP contribution is -2.23. The molecule has 0 aliphatic heterocycles. The zero-order chi connectivity index (χ0) is 13.3. The molecule has 0 radical (unpaired) electrons. The number of benzene rings is 1. The molecule has 98 valence electrons. The van der Waals surface area contributed by atoms with Gasteiger partial charge in [0.05, 0.1) is 11.3 Å². The Morgan fingerprint density at radius 1 is 1.33 bits per heavy atom. The van der Waals surface area contributed by atoms with E-state index in [1.807, 2.05) is 0 Å². The Morgan fingerprint density at radius 2 is 2.06 bits per heavy atom. The molecule has 2 atom stereocenters. The second-order valence-electron chi connectivity index (χ2n) is 4.75. The van der Waals surface area contributed by atoms with Crippen LogP contribution in [-0.2, 0) is 0 Å². The van der Waals surface area contributed by atoms with Gasteiger partial charge in [0.2, 0.25) is 0 Å². The van der Waals surface area contributed by atoms with E-state index in [1.54, 1.807) is 0 Å². The summed E-state index contributed by atoms with van der Waals surface area (Å²) in [6, 6.07) is 2.49. The Kier molecular flexibility index (Phi) is 3.50. The largest absolute Gasteiger partial charge is 0.478 e. The topological polar surface area (TPSA) is 49.3 Å². The number of hydrogen-bond donors (Lipinski definition) is 2. The van der Waals surface area contributed by atoms with E-state index < -0.39 is 23.2 Å². The molecule has 0 amide bonds. The molecule has 1 aliphatic rings. The number of nitrogens with one attached hydrogen (secondary N) is 1. The van der Waals surface area contributed by atoms with Gasteiger partial charge < -0.3 is 10.4 Å². The average molecular weight is 255 g/mol. The highest BCUT2D eigenvalue weighted by atomic mass is 19.2. The molecule has 1 aromatic rings. The lowest BCUT2D eigenvalue weighted by Gasteiger charge is -2.19. The van der Waals surface area contributed by atoms with E-state index in [1.165, 1.54) is 6.07 Å². The maximum atomic E-state index is 13.7. The van der Waals surface area contributed by atoms with E-state index in [0.717, 1.165) is 25.3 Å². The number of carbonyl (C=O) groups is 1. The van der Waals surface area contributed by atoms with Crippen LogP contribution < -0.4 is 5.32 Å². The Labute approximate surface area is 104 Å². The molecule has 2 unspecified atom stereocenters. The standard InChI is InChI=1S/C13H15F2NO2/c1-7-3-2-4-9(7)16-10-6-5-8(13(17)18)11(14)12(10)15/h5-7,9,16H,2-4H2,1H3,(H,17,18). The van der Waals surface area contributed by atoms with E-state index in [-0.39, 0.29) is 11.7 Å². The minimum absolute atomic E-state index is 0.0382. The minimum atomic E-state index is -1.47. The Hall–Kier alpha value is -1.65. The van der Waals surface area contributed by atoms with Crippen LogP contribution in [0.1, 0.15) is 36.5 Å². The van der Waals surface area contributed by atoms with Crippen molar-refractivity contribution in [2.24, 2.45) is 5.92 Å². The summed E-state index contributed by atoms with van der Waals surface area (Å²) in [5.74, 6) is -3.48. The first-order chi connectivity index (χ1) is 8.50. The van der Waals surface area contributed by atoms with Gasteiger partial charge in [-0.05, 0) is 30.9 Å². The molecular formula is C13H15F2NO2. The third kappa shape index (κ3) is 2.30. The minimum Gasteiger partial charge on any atom is -0.478 e. The second-order valence-corrected chi connectivity index (χ2v) is 4.75. The molecule has 0 heterocycles. The SMILES string of the molecule is CC1CCCC1Nc1ccc(C(=O)O)c(F)c1F. The van der Waals surface area contributed by atoms with Gasteiger partial charge in [-0.25, -0.2) is 13.6 Å². The van der Waals surface area contributed by atoms with Crippen molar-refractivity contribution in [2.75, 3.05) is 5.32 Å². The van der Waals surface area contributed by atoms with Crippen molar-refractivity contribution in [3.8, 4) is 0 Å². The molecule has 2 N–H and O–H groups in total. The molecule has 1 fully saturated rings. The maximum Gasteiger partial charge on any atom is 0.338 e. The normalized spacial score (nSPS) is 23.1. The molecule has 0 spiro atoms. The van der Waals surface area contributed by atoms with Gasteiger partial charge in [0, 0.05) is 6.04 Å². The number of rotatable bonds is 3. The molecule has 1 aromatic carbocycles. The highest BCUT2D eigenvalue weighted by molar-refractivity contribution is 5.88. The van der Waals surface area contributed by atoms with Gasteiger partial charge in [0.25, 0.3) is 0 Å². The molecule has 0 aromatic heterocycles. The van der Waals surface area contributed by atoms with Crippen molar-refractivity contribution in [2.45, 2.75) is 32.2 Å². The van der Waals surface area contributed by atoms with E-state index in [0.29, 0.717) is 5.92 Å². The summed E-state index contributed by atoms with van der Waals surface area (Å²) < 4.78 is 27.2. The van der Waals surface area contributed by atoms with Crippen LogP contribution in [0.2, 0.25) is 0 Å². The van der Waals surface area contributed by atoms with Crippen molar-refractivity contribution < 1.29 is 18.7 Å². The number of carboxylic acids is 1. The molecule has 1 aliphatic carbocycles. The van der Waals surface area contributed by atoms with Crippen LogP contribution in [0, 0.1) is 17.6 Å². The van der Waals surface area contributed by atoms with Crippen molar-refractivity contribution in [3.63, 3.8) is 0 Å². The molecular weight excluding hydrogens is 240 g/mol. The number of halogens is 2. The highest BCUT2D eigenvalue weighted by Crippen LogP contribution is 2.30. The van der Waals surface area contributed by atoms with Crippen LogP contribution >= 0.6 is 0 Å². The molecule has 18 heavy (non-hydrogen) atoms. The quantitative estimate of drug-likeness (QED) is 0.871. The first-order valence-corrected chi connectivity index (χ1v) is 5.98. The van der Waals surface area contributed by atoms with E-state index in [9.17, 15) is 13.6 Å². The van der Waals surface area contributed by atoms with Crippen LogP contribution in [0.25, 0.3) is 0 Å². The molecule has 1 saturated carbocycles. The third-order valence-corrected chi connectivity index (χ3v) is 3.52. The third-order valence-electron chi connectivity index (χ3n) is 3.52. The molecule has 0 bridgehead atoms. The molecule has 0 saturated heterocycles. The average Bonchev–Trinajstić information content (AvgIpc) is 2.70. The lowest BCUT2D eigenvalue weighted by molar-refractivity contribution is 0.0690. The predicted molar refractivity (Wildman–Crippen MR) is 63.7 cm³/mol. The van der Waals surface area contributed by atoms with Gasteiger partial charge in [-0.2, -0.15) is 0 Å². The monoisotopic (exact) mass is 255 g/mol. The summed E-state index contributed by atoms with van der Waals surface area (Å²) in [4.78, 5) is 10.7. The van der Waals surface area contributed by atoms with Crippen LogP contribution in [0.5, 0.6) is 0 Å². The number of aromatic carboxylic acids is 1. The predicted octanol–water partition coefficient (Wildman–Crippen LogP) is 3.26. The number of carboxylic acid groups (broad SMARTS) is 1. The van der Waals surface area contributed by atoms with Gasteiger partial charge >= 0.3 is 5.97 Å². The van der Waals surface area contributed by atoms with E-state index in [2.05, 4.69) is 12.2 Å². The summed E-state index contributed by atoms with van der Waals surface area (Å²) in [7, 11) is 0. The highest BCUT2D eigenvalue weighted by Gasteiger charge is 2.25. The molecule has 3 nitrogen and oxygen atoms in total.